The van der Waals surface area contributed by atoms with Crippen molar-refractivity contribution in [3.63, 3.8) is 0 Å². The van der Waals surface area contributed by atoms with Crippen LogP contribution in [0.2, 0.25) is 0 Å². The molecule has 70 valence electrons. The lowest BCUT2D eigenvalue weighted by Crippen LogP contribution is -2.03. The fourth-order valence-electron chi connectivity index (χ4n) is 0.841. The Kier molecular flexibility index (Phi) is 4.46. The number of ether oxygens (including phenoxy) is 1. The Labute approximate surface area is 78.0 Å². The van der Waals surface area contributed by atoms with E-state index in [2.05, 4.69) is 5.16 Å². The number of nitrogens with zero attached hydrogens (tertiary/aromatic N) is 1. The Morgan fingerprint density at radius 3 is 2.69 bits per heavy atom. The molecule has 0 bridgehead atoms. The molecule has 0 aromatic heterocycles. The Morgan fingerprint density at radius 2 is 2.00 bits per heavy atom. The molecule has 1 aromatic rings. The van der Waals surface area contributed by atoms with Crippen LogP contribution < -0.4 is 4.74 Å². The molecule has 13 heavy (non-hydrogen) atoms. The van der Waals surface area contributed by atoms with E-state index in [-0.39, 0.29) is 0 Å². The monoisotopic (exact) mass is 179 g/mol. The zero-order chi connectivity index (χ0) is 9.36. The van der Waals surface area contributed by atoms with Crippen LogP contribution in [0.4, 0.5) is 0 Å². The highest BCUT2D eigenvalue weighted by molar-refractivity contribution is 5.52. The Hall–Kier alpha value is -1.51. The smallest absolute Gasteiger partial charge is 0.151 e. The average Bonchev–Trinajstić information content (AvgIpc) is 2.19. The second-order valence-corrected chi connectivity index (χ2v) is 2.36. The summed E-state index contributed by atoms with van der Waals surface area (Å²) >= 11 is 0. The van der Waals surface area contributed by atoms with E-state index in [0.29, 0.717) is 13.2 Å². The zero-order valence-electron chi connectivity index (χ0n) is 7.64. The van der Waals surface area contributed by atoms with Crippen molar-refractivity contribution in [2.45, 2.75) is 6.92 Å². The van der Waals surface area contributed by atoms with Gasteiger partial charge in [-0.2, -0.15) is 0 Å². The van der Waals surface area contributed by atoms with E-state index in [1.54, 1.807) is 13.1 Å². The topological polar surface area (TPSA) is 30.8 Å². The predicted molar refractivity (Wildman–Crippen MR) is 52.1 cm³/mol. The van der Waals surface area contributed by atoms with Crippen LogP contribution in [-0.4, -0.2) is 19.4 Å². The van der Waals surface area contributed by atoms with Crippen LogP contribution in [-0.2, 0) is 4.84 Å². The molecule has 0 heterocycles. The molecule has 0 fully saturated rings. The average molecular weight is 179 g/mol. The van der Waals surface area contributed by atoms with Crippen LogP contribution in [0, 0.1) is 0 Å². The Balaban J connectivity index is 2.13. The summed E-state index contributed by atoms with van der Waals surface area (Å²) in [5, 5.41) is 3.60. The molecular formula is C10H13NO2. The molecule has 0 N–H and O–H groups in total. The highest BCUT2D eigenvalue weighted by Crippen LogP contribution is 2.07. The van der Waals surface area contributed by atoms with E-state index in [1.165, 1.54) is 0 Å². The summed E-state index contributed by atoms with van der Waals surface area (Å²) in [6.45, 7) is 2.79. The van der Waals surface area contributed by atoms with Crippen LogP contribution in [0.3, 0.4) is 0 Å². The zero-order valence-corrected chi connectivity index (χ0v) is 7.64. The van der Waals surface area contributed by atoms with Crippen molar-refractivity contribution < 1.29 is 9.57 Å². The molecule has 0 saturated carbocycles. The minimum atomic E-state index is 0.471. The quantitative estimate of drug-likeness (QED) is 0.393. The van der Waals surface area contributed by atoms with Crippen molar-refractivity contribution in [2.24, 2.45) is 5.16 Å². The van der Waals surface area contributed by atoms with Crippen molar-refractivity contribution in [3.8, 4) is 5.75 Å². The van der Waals surface area contributed by atoms with E-state index in [0.717, 1.165) is 5.75 Å². The van der Waals surface area contributed by atoms with Gasteiger partial charge in [-0.05, 0) is 19.1 Å². The van der Waals surface area contributed by atoms with Gasteiger partial charge in [0, 0.05) is 6.21 Å². The summed E-state index contributed by atoms with van der Waals surface area (Å²) < 4.78 is 5.35. The van der Waals surface area contributed by atoms with Gasteiger partial charge in [-0.25, -0.2) is 0 Å². The summed E-state index contributed by atoms with van der Waals surface area (Å²) in [5.74, 6) is 0.853. The summed E-state index contributed by atoms with van der Waals surface area (Å²) in [6.07, 6.45) is 1.60. The fraction of sp³-hybridized carbons (Fsp3) is 0.300. The van der Waals surface area contributed by atoms with Gasteiger partial charge in [0.05, 0.1) is 0 Å². The largest absolute Gasteiger partial charge is 0.490 e. The van der Waals surface area contributed by atoms with Gasteiger partial charge in [-0.1, -0.05) is 23.4 Å². The molecule has 0 spiro atoms. The van der Waals surface area contributed by atoms with Gasteiger partial charge in [0.15, 0.2) is 6.61 Å². The van der Waals surface area contributed by atoms with E-state index >= 15 is 0 Å². The summed E-state index contributed by atoms with van der Waals surface area (Å²) in [6, 6.07) is 9.62. The molecular weight excluding hydrogens is 166 g/mol. The number of rotatable bonds is 5. The van der Waals surface area contributed by atoms with Crippen LogP contribution >= 0.6 is 0 Å². The van der Waals surface area contributed by atoms with Crippen LogP contribution in [0.1, 0.15) is 6.92 Å². The number of hydrogen-bond donors (Lipinski definition) is 0. The standard InChI is InChI=1S/C10H13NO2/c1-2-11-13-9-8-12-10-6-4-3-5-7-10/h2-7H,8-9H2,1H3/b11-2+. The third-order valence-electron chi connectivity index (χ3n) is 1.37. The SMILES string of the molecule is C/C=N/OCCOc1ccccc1. The minimum Gasteiger partial charge on any atom is -0.490 e. The molecule has 0 atom stereocenters. The normalized spacial score (nSPS) is 10.2. The lowest BCUT2D eigenvalue weighted by molar-refractivity contribution is 0.108. The molecule has 1 rings (SSSR count). The number of para-hydroxylation sites is 1. The first-order valence-electron chi connectivity index (χ1n) is 4.21. The molecule has 0 aliphatic carbocycles. The Bertz CT molecular complexity index is 246. The van der Waals surface area contributed by atoms with Gasteiger partial charge in [-0.15, -0.1) is 0 Å². The van der Waals surface area contributed by atoms with Crippen LogP contribution in [0.5, 0.6) is 5.75 Å². The number of oxime groups is 1. The van der Waals surface area contributed by atoms with Gasteiger partial charge in [0.1, 0.15) is 12.4 Å². The molecule has 3 heteroatoms. The molecule has 0 unspecified atom stereocenters. The summed E-state index contributed by atoms with van der Waals surface area (Å²) in [7, 11) is 0. The van der Waals surface area contributed by atoms with E-state index in [1.807, 2.05) is 30.3 Å². The predicted octanol–water partition coefficient (Wildman–Crippen LogP) is 2.09. The second-order valence-electron chi connectivity index (χ2n) is 2.36. The van der Waals surface area contributed by atoms with Crippen molar-refractivity contribution in [1.82, 2.24) is 0 Å². The molecule has 1 aromatic carbocycles. The van der Waals surface area contributed by atoms with Gasteiger partial charge >= 0.3 is 0 Å². The minimum absolute atomic E-state index is 0.471. The molecule has 3 nitrogen and oxygen atoms in total. The van der Waals surface area contributed by atoms with Crippen molar-refractivity contribution in [2.75, 3.05) is 13.2 Å². The van der Waals surface area contributed by atoms with E-state index in [4.69, 9.17) is 9.57 Å². The maximum Gasteiger partial charge on any atom is 0.151 e. The molecule has 0 aliphatic rings. The van der Waals surface area contributed by atoms with Crippen molar-refractivity contribution >= 4 is 6.21 Å². The summed E-state index contributed by atoms with van der Waals surface area (Å²) in [4.78, 5) is 4.85. The highest BCUT2D eigenvalue weighted by atomic mass is 16.6. The maximum atomic E-state index is 5.35. The third kappa shape index (κ3) is 4.15. The number of benzene rings is 1. The lowest BCUT2D eigenvalue weighted by atomic mass is 10.3. The molecule has 0 radical (unpaired) electrons. The van der Waals surface area contributed by atoms with Gasteiger partial charge < -0.3 is 9.57 Å². The van der Waals surface area contributed by atoms with Crippen LogP contribution in [0.15, 0.2) is 35.5 Å². The lowest BCUT2D eigenvalue weighted by Gasteiger charge is -2.03. The third-order valence-corrected chi connectivity index (χ3v) is 1.37. The van der Waals surface area contributed by atoms with Gasteiger partial charge in [0.25, 0.3) is 0 Å². The first-order chi connectivity index (χ1) is 6.43. The van der Waals surface area contributed by atoms with Gasteiger partial charge in [0.2, 0.25) is 0 Å². The molecule has 0 aliphatic heterocycles. The molecule has 0 amide bonds. The van der Waals surface area contributed by atoms with E-state index in [9.17, 15) is 0 Å². The van der Waals surface area contributed by atoms with Gasteiger partial charge in [-0.3, -0.25) is 0 Å². The summed E-state index contributed by atoms with van der Waals surface area (Å²) in [5.41, 5.74) is 0. The fourth-order valence-corrected chi connectivity index (χ4v) is 0.841. The second kappa shape index (κ2) is 6.06. The van der Waals surface area contributed by atoms with E-state index < -0.39 is 0 Å². The maximum absolute atomic E-state index is 5.35. The van der Waals surface area contributed by atoms with Crippen molar-refractivity contribution in [3.05, 3.63) is 30.3 Å². The molecule has 0 saturated heterocycles. The number of hydrogen-bond acceptors (Lipinski definition) is 3. The van der Waals surface area contributed by atoms with Crippen molar-refractivity contribution in [1.29, 1.82) is 0 Å². The van der Waals surface area contributed by atoms with Crippen LogP contribution in [0.25, 0.3) is 0 Å². The highest BCUT2D eigenvalue weighted by Gasteiger charge is 1.90. The Morgan fingerprint density at radius 1 is 1.23 bits per heavy atom. The first-order valence-corrected chi connectivity index (χ1v) is 4.21. The first kappa shape index (κ1) is 9.58.